The highest BCUT2D eigenvalue weighted by Crippen LogP contribution is 2.40. The van der Waals surface area contributed by atoms with Crippen molar-refractivity contribution in [2.75, 3.05) is 14.2 Å². The van der Waals surface area contributed by atoms with E-state index in [1.54, 1.807) is 32.4 Å². The largest absolute Gasteiger partial charge is 0.497 e. The molecule has 0 bridgehead atoms. The van der Waals surface area contributed by atoms with Gasteiger partial charge in [-0.25, -0.2) is 4.79 Å². The van der Waals surface area contributed by atoms with Crippen molar-refractivity contribution in [3.8, 4) is 28.7 Å². The zero-order valence-electron chi connectivity index (χ0n) is 20.8. The van der Waals surface area contributed by atoms with Gasteiger partial charge in [-0.05, 0) is 64.4 Å². The summed E-state index contributed by atoms with van der Waals surface area (Å²) in [6, 6.07) is 26.5. The van der Waals surface area contributed by atoms with Crippen molar-refractivity contribution in [1.29, 1.82) is 0 Å². The third-order valence-electron chi connectivity index (χ3n) is 5.52. The lowest BCUT2D eigenvalue weighted by molar-refractivity contribution is 0.0720. The molecule has 0 radical (unpaired) electrons. The fraction of sp³-hybridized carbons (Fsp3) is 0.167. The number of ether oxygens (including phenoxy) is 5. The van der Waals surface area contributed by atoms with E-state index < -0.39 is 5.97 Å². The summed E-state index contributed by atoms with van der Waals surface area (Å²) in [6.07, 6.45) is 0. The normalized spacial score (nSPS) is 10.5. The van der Waals surface area contributed by atoms with E-state index in [4.69, 9.17) is 23.7 Å². The van der Waals surface area contributed by atoms with Crippen molar-refractivity contribution in [3.05, 3.63) is 111 Å². The van der Waals surface area contributed by atoms with Gasteiger partial charge in [-0.3, -0.25) is 0 Å². The van der Waals surface area contributed by atoms with Gasteiger partial charge in [0.2, 0.25) is 5.75 Å². The molecule has 0 fully saturated rings. The van der Waals surface area contributed by atoms with E-state index in [2.05, 4.69) is 22.6 Å². The lowest BCUT2D eigenvalue weighted by Gasteiger charge is -2.18. The molecule has 0 N–H and O–H groups in total. The number of esters is 1. The Morgan fingerprint density at radius 1 is 0.730 bits per heavy atom. The van der Waals surface area contributed by atoms with Crippen LogP contribution in [0.5, 0.6) is 28.7 Å². The van der Waals surface area contributed by atoms with Crippen molar-refractivity contribution in [2.24, 2.45) is 0 Å². The minimum absolute atomic E-state index is 0.262. The molecule has 0 atom stereocenters. The van der Waals surface area contributed by atoms with Crippen molar-refractivity contribution in [2.45, 2.75) is 20.1 Å². The molecule has 4 aromatic carbocycles. The molecule has 0 saturated carbocycles. The zero-order chi connectivity index (χ0) is 26.2. The fourth-order valence-electron chi connectivity index (χ4n) is 3.68. The van der Waals surface area contributed by atoms with Crippen molar-refractivity contribution in [1.82, 2.24) is 0 Å². The summed E-state index contributed by atoms with van der Waals surface area (Å²) in [7, 11) is 3.12. The lowest BCUT2D eigenvalue weighted by atomic mass is 10.1. The Bertz CT molecular complexity index is 1360. The molecule has 0 amide bonds. The molecule has 7 heteroatoms. The van der Waals surface area contributed by atoms with Gasteiger partial charge in [0.05, 0.1) is 14.2 Å². The minimum atomic E-state index is -0.577. The molecule has 0 aliphatic carbocycles. The first kappa shape index (κ1) is 26.3. The average Bonchev–Trinajstić information content (AvgIpc) is 2.91. The third-order valence-corrected chi connectivity index (χ3v) is 6.37. The van der Waals surface area contributed by atoms with Crippen molar-refractivity contribution in [3.63, 3.8) is 0 Å². The number of aryl methyl sites for hydroxylation is 1. The molecule has 37 heavy (non-hydrogen) atoms. The van der Waals surface area contributed by atoms with E-state index in [9.17, 15) is 4.79 Å². The van der Waals surface area contributed by atoms with E-state index in [0.717, 1.165) is 16.7 Å². The smallest absolute Gasteiger partial charge is 0.348 e. The van der Waals surface area contributed by atoms with Crippen LogP contribution in [0.1, 0.15) is 27.0 Å². The first-order valence-electron chi connectivity index (χ1n) is 11.6. The second-order valence-electron chi connectivity index (χ2n) is 8.21. The van der Waals surface area contributed by atoms with Gasteiger partial charge in [-0.1, -0.05) is 60.7 Å². The Morgan fingerprint density at radius 3 is 1.92 bits per heavy atom. The van der Waals surface area contributed by atoms with Gasteiger partial charge in [-0.2, -0.15) is 0 Å². The number of carbonyl (C=O) groups is 1. The van der Waals surface area contributed by atoms with Crippen LogP contribution in [0.25, 0.3) is 0 Å². The van der Waals surface area contributed by atoms with Crippen LogP contribution in [0.4, 0.5) is 0 Å². The Morgan fingerprint density at radius 2 is 1.32 bits per heavy atom. The van der Waals surface area contributed by atoms with Crippen LogP contribution in [-0.4, -0.2) is 20.2 Å². The first-order chi connectivity index (χ1) is 18.0. The van der Waals surface area contributed by atoms with E-state index in [0.29, 0.717) is 32.1 Å². The number of hydrogen-bond acceptors (Lipinski definition) is 6. The highest BCUT2D eigenvalue weighted by Gasteiger charge is 2.24. The molecule has 0 aliphatic rings. The van der Waals surface area contributed by atoms with Gasteiger partial charge in [0.25, 0.3) is 0 Å². The van der Waals surface area contributed by atoms with Crippen LogP contribution in [0.3, 0.4) is 0 Å². The maximum atomic E-state index is 13.6. The standard InChI is InChI=1S/C30H27IO6/c1-20-14-26(34-3)29(36-19-22-12-8-5-9-13-22)27(15-20)37-30(32)28-24(31)16-23(33-2)17-25(28)35-18-21-10-6-4-7-11-21/h4-17H,18-19H2,1-3H3. The first-order valence-corrected chi connectivity index (χ1v) is 12.7. The van der Waals surface area contributed by atoms with Gasteiger partial charge in [0.15, 0.2) is 11.5 Å². The Kier molecular flexibility index (Phi) is 8.90. The molecular weight excluding hydrogens is 583 g/mol. The number of halogens is 1. The minimum Gasteiger partial charge on any atom is -0.497 e. The van der Waals surface area contributed by atoms with Crippen LogP contribution in [0.15, 0.2) is 84.9 Å². The van der Waals surface area contributed by atoms with Crippen molar-refractivity contribution < 1.29 is 28.5 Å². The average molecular weight is 610 g/mol. The summed E-state index contributed by atoms with van der Waals surface area (Å²) in [4.78, 5) is 13.6. The second-order valence-corrected chi connectivity index (χ2v) is 9.38. The van der Waals surface area contributed by atoms with Gasteiger partial charge < -0.3 is 23.7 Å². The van der Waals surface area contributed by atoms with Gasteiger partial charge >= 0.3 is 5.97 Å². The molecule has 0 saturated heterocycles. The van der Waals surface area contributed by atoms with E-state index >= 15 is 0 Å². The molecule has 0 aromatic heterocycles. The molecule has 6 nitrogen and oxygen atoms in total. The SMILES string of the molecule is COc1cc(I)c(C(=O)Oc2cc(C)cc(OC)c2OCc2ccccc2)c(OCc2ccccc2)c1. The predicted molar refractivity (Wildman–Crippen MR) is 150 cm³/mol. The summed E-state index contributed by atoms with van der Waals surface area (Å²) in [5.41, 5.74) is 3.10. The van der Waals surface area contributed by atoms with Crippen LogP contribution in [0, 0.1) is 10.5 Å². The molecule has 0 aliphatic heterocycles. The second kappa shape index (κ2) is 12.5. The maximum absolute atomic E-state index is 13.6. The monoisotopic (exact) mass is 610 g/mol. The summed E-state index contributed by atoms with van der Waals surface area (Å²) in [5, 5.41) is 0. The quantitative estimate of drug-likeness (QED) is 0.110. The van der Waals surface area contributed by atoms with Crippen LogP contribution in [0.2, 0.25) is 0 Å². The molecule has 0 unspecified atom stereocenters. The fourth-order valence-corrected chi connectivity index (χ4v) is 4.47. The number of benzene rings is 4. The lowest BCUT2D eigenvalue weighted by Crippen LogP contribution is -2.14. The summed E-state index contributed by atoms with van der Waals surface area (Å²) < 4.78 is 29.7. The maximum Gasteiger partial charge on any atom is 0.348 e. The highest BCUT2D eigenvalue weighted by molar-refractivity contribution is 14.1. The van der Waals surface area contributed by atoms with E-state index in [1.165, 1.54) is 0 Å². The van der Waals surface area contributed by atoms with E-state index in [-0.39, 0.29) is 19.0 Å². The predicted octanol–water partition coefficient (Wildman–Crippen LogP) is 6.99. The molecule has 4 rings (SSSR count). The van der Waals surface area contributed by atoms with Crippen LogP contribution >= 0.6 is 22.6 Å². The Labute approximate surface area is 230 Å². The van der Waals surface area contributed by atoms with Crippen molar-refractivity contribution >= 4 is 28.6 Å². The number of carbonyl (C=O) groups excluding carboxylic acids is 1. The van der Waals surface area contributed by atoms with Gasteiger partial charge in [0.1, 0.15) is 30.3 Å². The summed E-state index contributed by atoms with van der Waals surface area (Å²) >= 11 is 2.08. The Balaban J connectivity index is 1.65. The summed E-state index contributed by atoms with van der Waals surface area (Å²) in [6.45, 7) is 2.47. The zero-order valence-corrected chi connectivity index (χ0v) is 23.0. The molecule has 190 valence electrons. The van der Waals surface area contributed by atoms with Crippen LogP contribution < -0.4 is 23.7 Å². The highest BCUT2D eigenvalue weighted by atomic mass is 127. The van der Waals surface area contributed by atoms with Gasteiger partial charge in [-0.15, -0.1) is 0 Å². The molecule has 0 heterocycles. The number of rotatable bonds is 10. The molecular formula is C30H27IO6. The number of methoxy groups -OCH3 is 2. The molecule has 4 aromatic rings. The number of hydrogen-bond donors (Lipinski definition) is 0. The molecule has 0 spiro atoms. The van der Waals surface area contributed by atoms with Gasteiger partial charge in [0, 0.05) is 9.64 Å². The third kappa shape index (κ3) is 6.74. The Hall–Kier alpha value is -3.72. The van der Waals surface area contributed by atoms with Crippen LogP contribution in [-0.2, 0) is 13.2 Å². The van der Waals surface area contributed by atoms with E-state index in [1.807, 2.05) is 73.7 Å². The topological polar surface area (TPSA) is 63.2 Å². The summed E-state index contributed by atoms with van der Waals surface area (Å²) in [5.74, 6) is 1.45.